The number of nitrogens with zero attached hydrogens (tertiary/aromatic N) is 1. The summed E-state index contributed by atoms with van der Waals surface area (Å²) in [5, 5.41) is 13.7. The van der Waals surface area contributed by atoms with E-state index in [0.29, 0.717) is 29.4 Å². The number of ether oxygens (including phenoxy) is 2. The average molecular weight is 413 g/mol. The van der Waals surface area contributed by atoms with Crippen LogP contribution in [0, 0.1) is 10.1 Å². The van der Waals surface area contributed by atoms with E-state index in [0.717, 1.165) is 0 Å². The Morgan fingerprint density at radius 3 is 2.45 bits per heavy atom. The Labute approximate surface area is 172 Å². The first-order chi connectivity index (χ1) is 14.0. The molecule has 0 aliphatic heterocycles. The number of para-hydroxylation sites is 2. The van der Waals surface area contributed by atoms with Gasteiger partial charge in [0.1, 0.15) is 17.2 Å². The molecule has 29 heavy (non-hydrogen) atoms. The third kappa shape index (κ3) is 5.03. The molecule has 0 spiro atoms. The topological polar surface area (TPSA) is 90.7 Å². The van der Waals surface area contributed by atoms with Crippen LogP contribution in [0.4, 0.5) is 11.4 Å². The van der Waals surface area contributed by atoms with Crippen molar-refractivity contribution in [1.29, 1.82) is 0 Å². The van der Waals surface area contributed by atoms with Crippen LogP contribution in [0.15, 0.2) is 66.7 Å². The summed E-state index contributed by atoms with van der Waals surface area (Å²) in [7, 11) is 0. The highest BCUT2D eigenvalue weighted by molar-refractivity contribution is 6.32. The predicted octanol–water partition coefficient (Wildman–Crippen LogP) is 5.69. The molecule has 0 heterocycles. The largest absolute Gasteiger partial charge is 0.492 e. The number of amides is 1. The summed E-state index contributed by atoms with van der Waals surface area (Å²) in [4.78, 5) is 22.7. The van der Waals surface area contributed by atoms with E-state index in [4.69, 9.17) is 21.1 Å². The Morgan fingerprint density at radius 1 is 1.07 bits per heavy atom. The van der Waals surface area contributed by atoms with Crippen molar-refractivity contribution >= 4 is 28.9 Å². The number of benzene rings is 3. The van der Waals surface area contributed by atoms with Crippen LogP contribution in [0.1, 0.15) is 17.3 Å². The van der Waals surface area contributed by atoms with E-state index in [2.05, 4.69) is 5.32 Å². The van der Waals surface area contributed by atoms with E-state index >= 15 is 0 Å². The van der Waals surface area contributed by atoms with Crippen molar-refractivity contribution < 1.29 is 19.2 Å². The molecule has 0 atom stereocenters. The molecule has 148 valence electrons. The number of nitrogens with one attached hydrogen (secondary N) is 1. The van der Waals surface area contributed by atoms with Gasteiger partial charge in [-0.25, -0.2) is 0 Å². The molecule has 3 aromatic rings. The number of anilines is 1. The zero-order chi connectivity index (χ0) is 20.8. The molecule has 0 unspecified atom stereocenters. The van der Waals surface area contributed by atoms with Crippen LogP contribution in [-0.2, 0) is 0 Å². The van der Waals surface area contributed by atoms with Crippen LogP contribution in [0.25, 0.3) is 0 Å². The molecule has 0 aliphatic rings. The molecule has 7 nitrogen and oxygen atoms in total. The average Bonchev–Trinajstić information content (AvgIpc) is 2.71. The van der Waals surface area contributed by atoms with Gasteiger partial charge in [-0.15, -0.1) is 0 Å². The maximum absolute atomic E-state index is 12.5. The van der Waals surface area contributed by atoms with Crippen LogP contribution in [0.5, 0.6) is 17.2 Å². The van der Waals surface area contributed by atoms with Crippen molar-refractivity contribution in [2.24, 2.45) is 0 Å². The molecule has 0 saturated carbocycles. The molecule has 0 saturated heterocycles. The van der Waals surface area contributed by atoms with Crippen LogP contribution < -0.4 is 14.8 Å². The van der Waals surface area contributed by atoms with E-state index in [9.17, 15) is 14.9 Å². The lowest BCUT2D eigenvalue weighted by atomic mass is 10.2. The number of nitro benzene ring substituents is 1. The van der Waals surface area contributed by atoms with Gasteiger partial charge in [0.2, 0.25) is 0 Å². The van der Waals surface area contributed by atoms with Crippen molar-refractivity contribution in [1.82, 2.24) is 0 Å². The lowest BCUT2D eigenvalue weighted by Gasteiger charge is -2.12. The van der Waals surface area contributed by atoms with Gasteiger partial charge in [0, 0.05) is 17.7 Å². The highest BCUT2D eigenvalue weighted by Gasteiger charge is 2.12. The minimum absolute atomic E-state index is 0.119. The van der Waals surface area contributed by atoms with E-state index in [1.54, 1.807) is 36.4 Å². The molecule has 3 aromatic carbocycles. The normalized spacial score (nSPS) is 10.3. The summed E-state index contributed by atoms with van der Waals surface area (Å²) in [5.41, 5.74) is 0.887. The first-order valence-corrected chi connectivity index (χ1v) is 9.10. The number of carbonyl (C=O) groups excluding carboxylic acids is 1. The SMILES string of the molecule is CCOc1ccccc1NC(=O)c1ccc(Oc2ccc([N+](=O)[O-])cc2Cl)cc1. The van der Waals surface area contributed by atoms with Crippen LogP contribution in [0.2, 0.25) is 5.02 Å². The summed E-state index contributed by atoms with van der Waals surface area (Å²) in [6, 6.07) is 17.6. The second-order valence-corrected chi connectivity index (χ2v) is 6.29. The highest BCUT2D eigenvalue weighted by Crippen LogP contribution is 2.32. The van der Waals surface area contributed by atoms with Crippen molar-refractivity contribution in [3.8, 4) is 17.2 Å². The van der Waals surface area contributed by atoms with E-state index in [1.807, 2.05) is 19.1 Å². The molecule has 1 N–H and O–H groups in total. The maximum atomic E-state index is 12.5. The fraction of sp³-hybridized carbons (Fsp3) is 0.0952. The summed E-state index contributed by atoms with van der Waals surface area (Å²) in [6.07, 6.45) is 0. The zero-order valence-corrected chi connectivity index (χ0v) is 16.2. The zero-order valence-electron chi connectivity index (χ0n) is 15.4. The fourth-order valence-corrected chi connectivity index (χ4v) is 2.75. The van der Waals surface area contributed by atoms with E-state index in [1.165, 1.54) is 18.2 Å². The lowest BCUT2D eigenvalue weighted by molar-refractivity contribution is -0.384. The van der Waals surface area contributed by atoms with Crippen molar-refractivity contribution in [3.05, 3.63) is 87.4 Å². The molecular formula is C21H17ClN2O5. The van der Waals surface area contributed by atoms with Gasteiger partial charge in [-0.2, -0.15) is 0 Å². The Bertz CT molecular complexity index is 1040. The highest BCUT2D eigenvalue weighted by atomic mass is 35.5. The number of carbonyl (C=O) groups is 1. The standard InChI is InChI=1S/C21H17ClN2O5/c1-2-28-20-6-4-3-5-18(20)23-21(25)14-7-10-16(11-8-14)29-19-12-9-15(24(26)27)13-17(19)22/h3-13H,2H2,1H3,(H,23,25). The molecule has 0 bridgehead atoms. The lowest BCUT2D eigenvalue weighted by Crippen LogP contribution is -2.12. The summed E-state index contributed by atoms with van der Waals surface area (Å²) in [6.45, 7) is 2.36. The van der Waals surface area contributed by atoms with Crippen molar-refractivity contribution in [3.63, 3.8) is 0 Å². The summed E-state index contributed by atoms with van der Waals surface area (Å²) in [5.74, 6) is 1.01. The van der Waals surface area contributed by atoms with Gasteiger partial charge in [-0.1, -0.05) is 23.7 Å². The monoisotopic (exact) mass is 412 g/mol. The molecule has 3 rings (SSSR count). The van der Waals surface area contributed by atoms with Crippen LogP contribution >= 0.6 is 11.6 Å². The minimum atomic E-state index is -0.535. The first kappa shape index (κ1) is 20.2. The van der Waals surface area contributed by atoms with Gasteiger partial charge in [0.25, 0.3) is 11.6 Å². The van der Waals surface area contributed by atoms with Gasteiger partial charge in [0.15, 0.2) is 0 Å². The number of rotatable bonds is 7. The molecular weight excluding hydrogens is 396 g/mol. The predicted molar refractivity (Wildman–Crippen MR) is 110 cm³/mol. The minimum Gasteiger partial charge on any atom is -0.492 e. The smallest absolute Gasteiger partial charge is 0.271 e. The van der Waals surface area contributed by atoms with Gasteiger partial charge < -0.3 is 14.8 Å². The maximum Gasteiger partial charge on any atom is 0.271 e. The third-order valence-corrected chi connectivity index (χ3v) is 4.20. The number of nitro groups is 1. The van der Waals surface area contributed by atoms with Gasteiger partial charge in [0.05, 0.1) is 22.2 Å². The van der Waals surface area contributed by atoms with Crippen molar-refractivity contribution in [2.45, 2.75) is 6.92 Å². The van der Waals surface area contributed by atoms with E-state index < -0.39 is 4.92 Å². The molecule has 0 aromatic heterocycles. The number of halogens is 1. The number of hydrogen-bond acceptors (Lipinski definition) is 5. The quantitative estimate of drug-likeness (QED) is 0.397. The first-order valence-electron chi connectivity index (χ1n) is 8.73. The van der Waals surface area contributed by atoms with E-state index in [-0.39, 0.29) is 22.4 Å². The van der Waals surface area contributed by atoms with Crippen LogP contribution in [0.3, 0.4) is 0 Å². The Hall–Kier alpha value is -3.58. The number of non-ortho nitro benzene ring substituents is 1. The molecule has 0 fully saturated rings. The summed E-state index contributed by atoms with van der Waals surface area (Å²) < 4.78 is 11.1. The van der Waals surface area contributed by atoms with Gasteiger partial charge in [-0.3, -0.25) is 14.9 Å². The molecule has 0 radical (unpaired) electrons. The Morgan fingerprint density at radius 2 is 1.79 bits per heavy atom. The fourth-order valence-electron chi connectivity index (χ4n) is 2.53. The third-order valence-electron chi connectivity index (χ3n) is 3.91. The summed E-state index contributed by atoms with van der Waals surface area (Å²) >= 11 is 6.03. The van der Waals surface area contributed by atoms with Crippen LogP contribution in [-0.4, -0.2) is 17.4 Å². The Kier molecular flexibility index (Phi) is 6.31. The molecule has 1 amide bonds. The molecule has 0 aliphatic carbocycles. The Balaban J connectivity index is 1.70. The van der Waals surface area contributed by atoms with Gasteiger partial charge in [-0.05, 0) is 49.4 Å². The second kappa shape index (κ2) is 9.07. The number of hydrogen-bond donors (Lipinski definition) is 1. The van der Waals surface area contributed by atoms with Crippen molar-refractivity contribution in [2.75, 3.05) is 11.9 Å². The second-order valence-electron chi connectivity index (χ2n) is 5.88. The molecule has 8 heteroatoms. The van der Waals surface area contributed by atoms with Gasteiger partial charge >= 0.3 is 0 Å².